The minimum absolute atomic E-state index is 0.367. The number of carbonyl (C=O) groups is 2. The molecular formula is C22H24N2O4. The van der Waals surface area contributed by atoms with Gasteiger partial charge in [-0.2, -0.15) is 0 Å². The number of nitrogens with one attached hydrogen (secondary N) is 2. The van der Waals surface area contributed by atoms with Gasteiger partial charge in [0, 0.05) is 5.70 Å². The predicted molar refractivity (Wildman–Crippen MR) is 106 cm³/mol. The van der Waals surface area contributed by atoms with Gasteiger partial charge in [-0.05, 0) is 57.5 Å². The van der Waals surface area contributed by atoms with E-state index in [1.165, 1.54) is 0 Å². The Morgan fingerprint density at radius 2 is 1.68 bits per heavy atom. The van der Waals surface area contributed by atoms with Crippen LogP contribution in [0.3, 0.4) is 0 Å². The van der Waals surface area contributed by atoms with Crippen LogP contribution in [0.2, 0.25) is 0 Å². The number of benzene rings is 2. The topological polar surface area (TPSA) is 76.7 Å². The molecule has 0 bridgehead atoms. The largest absolute Gasteiger partial charge is 0.457 e. The van der Waals surface area contributed by atoms with E-state index in [-0.39, 0.29) is 6.03 Å². The van der Waals surface area contributed by atoms with Crippen molar-refractivity contribution >= 4 is 12.0 Å². The first kappa shape index (κ1) is 19.5. The highest BCUT2D eigenvalue weighted by Crippen LogP contribution is 2.31. The fourth-order valence-electron chi connectivity index (χ4n) is 2.93. The minimum atomic E-state index is -0.644. The summed E-state index contributed by atoms with van der Waals surface area (Å²) in [7, 11) is 0. The van der Waals surface area contributed by atoms with Gasteiger partial charge in [0.05, 0.1) is 11.6 Å². The van der Waals surface area contributed by atoms with Crippen LogP contribution in [0.15, 0.2) is 65.9 Å². The second-order valence-corrected chi connectivity index (χ2v) is 7.56. The van der Waals surface area contributed by atoms with Crippen molar-refractivity contribution in [2.75, 3.05) is 0 Å². The first-order chi connectivity index (χ1) is 13.2. The SMILES string of the molecule is CC1=C(C(=O)OC(C)(C)C)C(c2cccc(Oc3ccccc3)c2)NC(=O)N1. The second kappa shape index (κ2) is 7.76. The molecule has 0 saturated carbocycles. The third-order valence-electron chi connectivity index (χ3n) is 4.06. The minimum Gasteiger partial charge on any atom is -0.457 e. The summed E-state index contributed by atoms with van der Waals surface area (Å²) < 4.78 is 11.4. The van der Waals surface area contributed by atoms with Crippen molar-refractivity contribution in [3.8, 4) is 11.5 Å². The Labute approximate surface area is 164 Å². The molecule has 1 heterocycles. The van der Waals surface area contributed by atoms with Crippen molar-refractivity contribution in [3.63, 3.8) is 0 Å². The van der Waals surface area contributed by atoms with E-state index in [1.807, 2.05) is 48.5 Å². The number of rotatable bonds is 4. The lowest BCUT2D eigenvalue weighted by Crippen LogP contribution is -2.46. The van der Waals surface area contributed by atoms with Gasteiger partial charge >= 0.3 is 12.0 Å². The van der Waals surface area contributed by atoms with Crippen molar-refractivity contribution < 1.29 is 19.1 Å². The molecular weight excluding hydrogens is 356 g/mol. The Morgan fingerprint density at radius 3 is 2.36 bits per heavy atom. The van der Waals surface area contributed by atoms with E-state index in [9.17, 15) is 9.59 Å². The van der Waals surface area contributed by atoms with Crippen LogP contribution in [0.25, 0.3) is 0 Å². The van der Waals surface area contributed by atoms with Gasteiger partial charge in [0.2, 0.25) is 0 Å². The molecule has 1 unspecified atom stereocenters. The van der Waals surface area contributed by atoms with Gasteiger partial charge in [0.15, 0.2) is 0 Å². The smallest absolute Gasteiger partial charge is 0.338 e. The lowest BCUT2D eigenvalue weighted by atomic mass is 9.95. The van der Waals surface area contributed by atoms with Crippen LogP contribution < -0.4 is 15.4 Å². The molecule has 0 aliphatic carbocycles. The zero-order chi connectivity index (χ0) is 20.3. The van der Waals surface area contributed by atoms with Crippen molar-refractivity contribution in [2.24, 2.45) is 0 Å². The fourth-order valence-corrected chi connectivity index (χ4v) is 2.93. The van der Waals surface area contributed by atoms with Gasteiger partial charge in [-0.1, -0.05) is 30.3 Å². The molecule has 0 spiro atoms. The molecule has 0 radical (unpaired) electrons. The molecule has 1 atom stereocenters. The van der Waals surface area contributed by atoms with Crippen LogP contribution in [-0.4, -0.2) is 17.6 Å². The number of esters is 1. The lowest BCUT2D eigenvalue weighted by molar-refractivity contribution is -0.150. The summed E-state index contributed by atoms with van der Waals surface area (Å²) in [5.41, 5.74) is 0.918. The summed E-state index contributed by atoms with van der Waals surface area (Å²) in [5, 5.41) is 5.45. The first-order valence-corrected chi connectivity index (χ1v) is 9.07. The molecule has 2 N–H and O–H groups in total. The van der Waals surface area contributed by atoms with Crippen molar-refractivity contribution in [2.45, 2.75) is 39.3 Å². The van der Waals surface area contributed by atoms with E-state index < -0.39 is 17.6 Å². The molecule has 6 heteroatoms. The number of allylic oxidation sites excluding steroid dienone is 1. The molecule has 146 valence electrons. The number of hydrogen-bond acceptors (Lipinski definition) is 4. The number of amides is 2. The Morgan fingerprint density at radius 1 is 1.00 bits per heavy atom. The fraction of sp³-hybridized carbons (Fsp3) is 0.273. The van der Waals surface area contributed by atoms with E-state index in [4.69, 9.17) is 9.47 Å². The standard InChI is InChI=1S/C22H24N2O4/c1-14-18(20(25)28-22(2,3)4)19(24-21(26)23-14)15-9-8-12-17(13-15)27-16-10-6-5-7-11-16/h5-13,19H,1-4H3,(H2,23,24,26). The summed E-state index contributed by atoms with van der Waals surface area (Å²) >= 11 is 0. The third-order valence-corrected chi connectivity index (χ3v) is 4.06. The molecule has 0 fully saturated rings. The summed E-state index contributed by atoms with van der Waals surface area (Å²) in [6.45, 7) is 7.10. The normalized spacial score (nSPS) is 16.9. The number of ether oxygens (including phenoxy) is 2. The molecule has 28 heavy (non-hydrogen) atoms. The van der Waals surface area contributed by atoms with Crippen LogP contribution in [-0.2, 0) is 9.53 Å². The third kappa shape index (κ3) is 4.71. The predicted octanol–water partition coefficient (Wildman–Crippen LogP) is 4.45. The summed E-state index contributed by atoms with van der Waals surface area (Å²) in [5.74, 6) is 0.836. The molecule has 0 saturated heterocycles. The van der Waals surface area contributed by atoms with E-state index in [0.717, 1.165) is 5.56 Å². The Kier molecular flexibility index (Phi) is 5.40. The van der Waals surface area contributed by atoms with Crippen LogP contribution in [0, 0.1) is 0 Å². The molecule has 6 nitrogen and oxygen atoms in total. The van der Waals surface area contributed by atoms with Gasteiger partial charge in [-0.25, -0.2) is 9.59 Å². The molecule has 0 aromatic heterocycles. The summed E-state index contributed by atoms with van der Waals surface area (Å²) in [4.78, 5) is 24.8. The van der Waals surface area contributed by atoms with Crippen molar-refractivity contribution in [3.05, 3.63) is 71.4 Å². The average molecular weight is 380 g/mol. The van der Waals surface area contributed by atoms with Gasteiger partial charge in [0.1, 0.15) is 17.1 Å². The first-order valence-electron chi connectivity index (χ1n) is 9.07. The van der Waals surface area contributed by atoms with Gasteiger partial charge in [0.25, 0.3) is 0 Å². The second-order valence-electron chi connectivity index (χ2n) is 7.56. The van der Waals surface area contributed by atoms with Crippen LogP contribution in [0.1, 0.15) is 39.3 Å². The van der Waals surface area contributed by atoms with Crippen molar-refractivity contribution in [1.29, 1.82) is 0 Å². The number of urea groups is 1. The highest BCUT2D eigenvalue weighted by atomic mass is 16.6. The monoisotopic (exact) mass is 380 g/mol. The van der Waals surface area contributed by atoms with Crippen LogP contribution in [0.5, 0.6) is 11.5 Å². The summed E-state index contributed by atoms with van der Waals surface area (Å²) in [6, 6.07) is 15.7. The Balaban J connectivity index is 1.93. The van der Waals surface area contributed by atoms with E-state index in [1.54, 1.807) is 33.8 Å². The van der Waals surface area contributed by atoms with Gasteiger partial charge < -0.3 is 20.1 Å². The van der Waals surface area contributed by atoms with E-state index in [2.05, 4.69) is 10.6 Å². The maximum absolute atomic E-state index is 12.8. The molecule has 2 aromatic carbocycles. The quantitative estimate of drug-likeness (QED) is 0.769. The maximum Gasteiger partial charge on any atom is 0.338 e. The molecule has 3 rings (SSSR count). The number of carbonyl (C=O) groups excluding carboxylic acids is 2. The zero-order valence-corrected chi connectivity index (χ0v) is 16.4. The van der Waals surface area contributed by atoms with Crippen molar-refractivity contribution in [1.82, 2.24) is 10.6 Å². The lowest BCUT2D eigenvalue weighted by Gasteiger charge is -2.30. The highest BCUT2D eigenvalue weighted by molar-refractivity contribution is 5.95. The Bertz CT molecular complexity index is 914. The summed E-state index contributed by atoms with van der Waals surface area (Å²) in [6.07, 6.45) is 0. The average Bonchev–Trinajstić information content (AvgIpc) is 2.60. The van der Waals surface area contributed by atoms with E-state index >= 15 is 0 Å². The molecule has 1 aliphatic rings. The molecule has 2 amide bonds. The highest BCUT2D eigenvalue weighted by Gasteiger charge is 2.34. The molecule has 2 aromatic rings. The number of hydrogen-bond donors (Lipinski definition) is 2. The van der Waals surface area contributed by atoms with E-state index in [0.29, 0.717) is 22.8 Å². The maximum atomic E-state index is 12.8. The molecule has 1 aliphatic heterocycles. The van der Waals surface area contributed by atoms with Crippen LogP contribution >= 0.6 is 0 Å². The Hall–Kier alpha value is -3.28. The van der Waals surface area contributed by atoms with Crippen LogP contribution in [0.4, 0.5) is 4.79 Å². The van der Waals surface area contributed by atoms with Gasteiger partial charge in [-0.15, -0.1) is 0 Å². The number of para-hydroxylation sites is 1. The van der Waals surface area contributed by atoms with Gasteiger partial charge in [-0.3, -0.25) is 0 Å². The zero-order valence-electron chi connectivity index (χ0n) is 16.4.